The first-order chi connectivity index (χ1) is 12.6. The van der Waals surface area contributed by atoms with Crippen molar-refractivity contribution in [2.45, 2.75) is 44.5 Å². The molecular formula is C20H24O6. The molecule has 0 unspecified atom stereocenters. The molecule has 0 bridgehead atoms. The lowest BCUT2D eigenvalue weighted by atomic mass is 9.89. The molecule has 140 valence electrons. The van der Waals surface area contributed by atoms with Crippen molar-refractivity contribution in [2.24, 2.45) is 5.92 Å². The Hall–Kier alpha value is -2.34. The van der Waals surface area contributed by atoms with E-state index >= 15 is 0 Å². The predicted molar refractivity (Wildman–Crippen MR) is 93.1 cm³/mol. The summed E-state index contributed by atoms with van der Waals surface area (Å²) in [6.07, 6.45) is 3.52. The molecule has 26 heavy (non-hydrogen) atoms. The Balaban J connectivity index is 1.78. The Kier molecular flexibility index (Phi) is 5.61. The van der Waals surface area contributed by atoms with Crippen molar-refractivity contribution in [1.82, 2.24) is 0 Å². The minimum atomic E-state index is -0.856. The first kappa shape index (κ1) is 18.5. The lowest BCUT2D eigenvalue weighted by molar-refractivity contribution is -0.257. The lowest BCUT2D eigenvalue weighted by Gasteiger charge is -2.43. The number of methoxy groups -OCH3 is 1. The molecule has 1 saturated heterocycles. The van der Waals surface area contributed by atoms with Crippen molar-refractivity contribution in [1.29, 1.82) is 0 Å². The number of carbonyl (C=O) groups is 2. The molecule has 2 heterocycles. The maximum Gasteiger partial charge on any atom is 0.340 e. The number of rotatable bonds is 4. The van der Waals surface area contributed by atoms with Gasteiger partial charge in [0.1, 0.15) is 17.9 Å². The molecule has 2 aliphatic heterocycles. The Morgan fingerprint density at radius 1 is 1.23 bits per heavy atom. The van der Waals surface area contributed by atoms with E-state index in [2.05, 4.69) is 6.92 Å². The summed E-state index contributed by atoms with van der Waals surface area (Å²) in [7, 11) is 1.28. The number of hydrogen-bond acceptors (Lipinski definition) is 6. The van der Waals surface area contributed by atoms with Crippen LogP contribution in [0.5, 0.6) is 0 Å². The molecule has 0 radical (unpaired) electrons. The Morgan fingerprint density at radius 3 is 2.62 bits per heavy atom. The van der Waals surface area contributed by atoms with Gasteiger partial charge in [-0.15, -0.1) is 0 Å². The fourth-order valence-electron chi connectivity index (χ4n) is 3.29. The second kappa shape index (κ2) is 7.91. The number of ether oxygens (including phenoxy) is 4. The molecule has 0 aliphatic carbocycles. The van der Waals surface area contributed by atoms with E-state index in [0.29, 0.717) is 24.5 Å². The van der Waals surface area contributed by atoms with Crippen molar-refractivity contribution in [3.05, 3.63) is 47.7 Å². The summed E-state index contributed by atoms with van der Waals surface area (Å²) >= 11 is 0. The molecule has 0 N–H and O–H groups in total. The van der Waals surface area contributed by atoms with Crippen LogP contribution in [-0.4, -0.2) is 37.5 Å². The Morgan fingerprint density at radius 2 is 2.00 bits per heavy atom. The zero-order valence-corrected chi connectivity index (χ0v) is 15.1. The molecule has 3 atom stereocenters. The molecule has 2 aliphatic rings. The minimum absolute atomic E-state index is 0.184. The van der Waals surface area contributed by atoms with Gasteiger partial charge in [-0.2, -0.15) is 0 Å². The van der Waals surface area contributed by atoms with Crippen LogP contribution in [0.4, 0.5) is 0 Å². The highest BCUT2D eigenvalue weighted by Crippen LogP contribution is 2.39. The maximum atomic E-state index is 12.5. The van der Waals surface area contributed by atoms with Gasteiger partial charge in [-0.25, -0.2) is 9.59 Å². The molecule has 0 amide bonds. The van der Waals surface area contributed by atoms with E-state index in [0.717, 1.165) is 12.8 Å². The predicted octanol–water partition coefficient (Wildman–Crippen LogP) is 3.22. The van der Waals surface area contributed by atoms with Crippen LogP contribution >= 0.6 is 0 Å². The van der Waals surface area contributed by atoms with Gasteiger partial charge < -0.3 is 18.9 Å². The van der Waals surface area contributed by atoms with Crippen LogP contribution < -0.4 is 0 Å². The first-order valence-electron chi connectivity index (χ1n) is 8.93. The van der Waals surface area contributed by atoms with Gasteiger partial charge in [-0.3, -0.25) is 0 Å². The highest BCUT2D eigenvalue weighted by molar-refractivity contribution is 5.92. The van der Waals surface area contributed by atoms with Gasteiger partial charge in [0, 0.05) is 6.42 Å². The topological polar surface area (TPSA) is 71.1 Å². The SMILES string of the molecule is CC[C@@H]1CC[C@@]2(C[C@H](OC(=O)c3ccccc3)C(C(=O)OC)=CO2)OC1. The van der Waals surface area contributed by atoms with Gasteiger partial charge in [0.05, 0.1) is 25.7 Å². The normalized spacial score (nSPS) is 28.0. The van der Waals surface area contributed by atoms with Gasteiger partial charge in [0.2, 0.25) is 5.79 Å². The number of esters is 2. The lowest BCUT2D eigenvalue weighted by Crippen LogP contribution is -2.48. The quantitative estimate of drug-likeness (QED) is 0.768. The first-order valence-corrected chi connectivity index (χ1v) is 8.93. The van der Waals surface area contributed by atoms with Crippen LogP contribution in [-0.2, 0) is 23.7 Å². The minimum Gasteiger partial charge on any atom is -0.469 e. The van der Waals surface area contributed by atoms with Crippen molar-refractivity contribution >= 4 is 11.9 Å². The summed E-state index contributed by atoms with van der Waals surface area (Å²) in [6, 6.07) is 8.67. The molecular weight excluding hydrogens is 336 g/mol. The highest BCUT2D eigenvalue weighted by Gasteiger charge is 2.46. The number of carbonyl (C=O) groups excluding carboxylic acids is 2. The fourth-order valence-corrected chi connectivity index (χ4v) is 3.29. The zero-order valence-electron chi connectivity index (χ0n) is 15.1. The van der Waals surface area contributed by atoms with Gasteiger partial charge in [0.15, 0.2) is 0 Å². The van der Waals surface area contributed by atoms with Crippen molar-refractivity contribution in [3.8, 4) is 0 Å². The van der Waals surface area contributed by atoms with Crippen LogP contribution in [0.15, 0.2) is 42.2 Å². The molecule has 0 aromatic heterocycles. The summed E-state index contributed by atoms with van der Waals surface area (Å²) in [6.45, 7) is 2.73. The third-order valence-corrected chi connectivity index (χ3v) is 5.02. The summed E-state index contributed by atoms with van der Waals surface area (Å²) in [5.74, 6) is -1.43. The summed E-state index contributed by atoms with van der Waals surface area (Å²) in [5.41, 5.74) is 0.608. The van der Waals surface area contributed by atoms with E-state index in [1.54, 1.807) is 24.3 Å². The van der Waals surface area contributed by atoms with E-state index < -0.39 is 23.8 Å². The van der Waals surface area contributed by atoms with Crippen molar-refractivity contribution in [2.75, 3.05) is 13.7 Å². The van der Waals surface area contributed by atoms with E-state index in [-0.39, 0.29) is 12.0 Å². The van der Waals surface area contributed by atoms with Gasteiger partial charge in [-0.05, 0) is 24.5 Å². The standard InChI is InChI=1S/C20H24O6/c1-3-14-9-10-20(24-12-14)11-17(16(13-25-20)19(22)23-2)26-18(21)15-7-5-4-6-8-15/h4-8,13-14,17H,3,9-12H2,1-2H3/t14-,17+,20-/m1/s1. The molecule has 0 saturated carbocycles. The molecule has 3 rings (SSSR count). The van der Waals surface area contributed by atoms with Crippen LogP contribution in [0.1, 0.15) is 43.0 Å². The summed E-state index contributed by atoms with van der Waals surface area (Å²) in [5, 5.41) is 0. The molecule has 6 nitrogen and oxygen atoms in total. The average Bonchev–Trinajstić information content (AvgIpc) is 2.69. The maximum absolute atomic E-state index is 12.5. The number of hydrogen-bond donors (Lipinski definition) is 0. The summed E-state index contributed by atoms with van der Waals surface area (Å²) < 4.78 is 22.2. The van der Waals surface area contributed by atoms with Crippen molar-refractivity contribution in [3.63, 3.8) is 0 Å². The largest absolute Gasteiger partial charge is 0.469 e. The third-order valence-electron chi connectivity index (χ3n) is 5.02. The fraction of sp³-hybridized carbons (Fsp3) is 0.500. The second-order valence-electron chi connectivity index (χ2n) is 6.68. The average molecular weight is 360 g/mol. The van der Waals surface area contributed by atoms with Gasteiger partial charge in [-0.1, -0.05) is 31.5 Å². The third kappa shape index (κ3) is 3.90. The smallest absolute Gasteiger partial charge is 0.340 e. The van der Waals surface area contributed by atoms with E-state index in [1.807, 2.05) is 6.07 Å². The van der Waals surface area contributed by atoms with E-state index in [1.165, 1.54) is 13.4 Å². The van der Waals surface area contributed by atoms with Crippen molar-refractivity contribution < 1.29 is 28.5 Å². The Bertz CT molecular complexity index is 673. The van der Waals surface area contributed by atoms with Gasteiger partial charge >= 0.3 is 11.9 Å². The van der Waals surface area contributed by atoms with Crippen LogP contribution in [0.25, 0.3) is 0 Å². The molecule has 1 aromatic carbocycles. The van der Waals surface area contributed by atoms with Crippen LogP contribution in [0.2, 0.25) is 0 Å². The molecule has 6 heteroatoms. The zero-order chi connectivity index (χ0) is 18.6. The van der Waals surface area contributed by atoms with E-state index in [4.69, 9.17) is 18.9 Å². The van der Waals surface area contributed by atoms with Crippen LogP contribution in [0.3, 0.4) is 0 Å². The Labute approximate surface area is 153 Å². The highest BCUT2D eigenvalue weighted by atomic mass is 16.7. The van der Waals surface area contributed by atoms with Crippen LogP contribution in [0, 0.1) is 5.92 Å². The number of benzene rings is 1. The van der Waals surface area contributed by atoms with Gasteiger partial charge in [0.25, 0.3) is 0 Å². The monoisotopic (exact) mass is 360 g/mol. The second-order valence-corrected chi connectivity index (χ2v) is 6.68. The molecule has 1 spiro atoms. The summed E-state index contributed by atoms with van der Waals surface area (Å²) in [4.78, 5) is 24.5. The molecule has 1 aromatic rings. The van der Waals surface area contributed by atoms with E-state index in [9.17, 15) is 9.59 Å². The molecule has 1 fully saturated rings.